The average molecular weight is 464 g/mol. The lowest BCUT2D eigenvalue weighted by atomic mass is 10.1. The van der Waals surface area contributed by atoms with Gasteiger partial charge in [-0.05, 0) is 59.8 Å². The minimum Gasteiger partial charge on any atom is -0.497 e. The van der Waals surface area contributed by atoms with E-state index < -0.39 is 0 Å². The Kier molecular flexibility index (Phi) is 6.02. The van der Waals surface area contributed by atoms with Crippen molar-refractivity contribution in [3.63, 3.8) is 0 Å². The Morgan fingerprint density at radius 3 is 2.31 bits per heavy atom. The van der Waals surface area contributed by atoms with Crippen LogP contribution in [-0.4, -0.2) is 24.6 Å². The second-order valence-electron chi connectivity index (χ2n) is 8.58. The molecule has 1 heterocycles. The van der Waals surface area contributed by atoms with Crippen LogP contribution in [0, 0.1) is 0 Å². The maximum absolute atomic E-state index is 13.0. The molecule has 35 heavy (non-hydrogen) atoms. The molecule has 0 radical (unpaired) electrons. The van der Waals surface area contributed by atoms with Gasteiger partial charge >= 0.3 is 0 Å². The van der Waals surface area contributed by atoms with Crippen molar-refractivity contribution >= 4 is 34.0 Å². The van der Waals surface area contributed by atoms with Crippen molar-refractivity contribution in [3.8, 4) is 5.75 Å². The molecule has 2 amide bonds. The van der Waals surface area contributed by atoms with Crippen LogP contribution in [0.4, 0.5) is 5.69 Å². The minimum absolute atomic E-state index is 0.000270. The number of methoxy groups -OCH3 is 1. The van der Waals surface area contributed by atoms with Gasteiger partial charge in [0.1, 0.15) is 5.75 Å². The van der Waals surface area contributed by atoms with E-state index in [0.717, 1.165) is 44.6 Å². The van der Waals surface area contributed by atoms with E-state index in [9.17, 15) is 9.59 Å². The number of nitrogens with zero attached hydrogens (tertiary/aromatic N) is 2. The van der Waals surface area contributed by atoms with Crippen LogP contribution >= 0.6 is 0 Å². The summed E-state index contributed by atoms with van der Waals surface area (Å²) in [6, 6.07) is 26.8. The molecule has 0 saturated carbocycles. The van der Waals surface area contributed by atoms with E-state index in [1.54, 1.807) is 24.1 Å². The van der Waals surface area contributed by atoms with Crippen molar-refractivity contribution < 1.29 is 14.3 Å². The molecule has 1 aliphatic rings. The largest absolute Gasteiger partial charge is 0.497 e. The minimum atomic E-state index is -0.278. The molecule has 4 aromatic rings. The molecule has 0 aliphatic carbocycles. The molecule has 4 aromatic carbocycles. The van der Waals surface area contributed by atoms with E-state index in [4.69, 9.17) is 4.74 Å². The van der Waals surface area contributed by atoms with Gasteiger partial charge in [-0.2, -0.15) is 5.10 Å². The van der Waals surface area contributed by atoms with Crippen LogP contribution in [0.15, 0.2) is 90.0 Å². The van der Waals surface area contributed by atoms with E-state index in [1.807, 2.05) is 79.7 Å². The number of ether oxygens (including phenoxy) is 1. The van der Waals surface area contributed by atoms with Gasteiger partial charge in [0.05, 0.1) is 19.3 Å². The Morgan fingerprint density at radius 1 is 0.914 bits per heavy atom. The third-order valence-electron chi connectivity index (χ3n) is 6.17. The SMILES string of the molecule is COc1ccc(C/C(C)=N/NC(=O)c2ccc(CN3C(=O)c4cccc5cccc3c45)cc2)cc1. The first-order chi connectivity index (χ1) is 17.0. The third kappa shape index (κ3) is 4.51. The lowest BCUT2D eigenvalue weighted by Crippen LogP contribution is -2.26. The summed E-state index contributed by atoms with van der Waals surface area (Å²) in [5.74, 6) is 0.524. The van der Waals surface area contributed by atoms with Gasteiger partial charge in [0, 0.05) is 28.6 Å². The second-order valence-corrected chi connectivity index (χ2v) is 8.58. The molecule has 0 saturated heterocycles. The summed E-state index contributed by atoms with van der Waals surface area (Å²) in [7, 11) is 1.63. The smallest absolute Gasteiger partial charge is 0.271 e. The number of nitrogens with one attached hydrogen (secondary N) is 1. The van der Waals surface area contributed by atoms with Crippen LogP contribution in [0.1, 0.15) is 38.8 Å². The third-order valence-corrected chi connectivity index (χ3v) is 6.17. The summed E-state index contributed by atoms with van der Waals surface area (Å²) in [6.45, 7) is 2.31. The highest BCUT2D eigenvalue weighted by Gasteiger charge is 2.29. The van der Waals surface area contributed by atoms with Gasteiger partial charge in [0.15, 0.2) is 0 Å². The van der Waals surface area contributed by atoms with Gasteiger partial charge in [-0.15, -0.1) is 0 Å². The summed E-state index contributed by atoms with van der Waals surface area (Å²) in [5.41, 5.74) is 7.61. The molecule has 6 heteroatoms. The Bertz CT molecular complexity index is 1440. The Labute approximate surface area is 203 Å². The Hall–Kier alpha value is -4.45. The summed E-state index contributed by atoms with van der Waals surface area (Å²) in [6.07, 6.45) is 0.627. The molecular weight excluding hydrogens is 438 g/mol. The van der Waals surface area contributed by atoms with E-state index in [2.05, 4.69) is 10.5 Å². The van der Waals surface area contributed by atoms with Crippen molar-refractivity contribution in [2.75, 3.05) is 12.0 Å². The quantitative estimate of drug-likeness (QED) is 0.296. The summed E-state index contributed by atoms with van der Waals surface area (Å²) < 4.78 is 5.17. The number of carbonyl (C=O) groups excluding carboxylic acids is 2. The Balaban J connectivity index is 1.23. The van der Waals surface area contributed by atoms with Crippen molar-refractivity contribution in [3.05, 3.63) is 107 Å². The fourth-order valence-electron chi connectivity index (χ4n) is 4.37. The van der Waals surface area contributed by atoms with E-state index in [0.29, 0.717) is 18.5 Å². The van der Waals surface area contributed by atoms with Crippen molar-refractivity contribution in [2.45, 2.75) is 19.9 Å². The standard InChI is InChI=1S/C29H25N3O3/c1-19(17-20-11-15-24(35-2)16-12-20)30-31-28(33)23-13-9-21(10-14-23)18-32-26-8-4-6-22-5-3-7-25(27(22)26)29(32)34/h3-16H,17-18H2,1-2H3,(H,31,33)/b30-19+. The number of benzene rings is 4. The predicted molar refractivity (Wildman–Crippen MR) is 138 cm³/mol. The van der Waals surface area contributed by atoms with Crippen molar-refractivity contribution in [1.82, 2.24) is 5.43 Å². The zero-order valence-corrected chi connectivity index (χ0v) is 19.6. The molecule has 0 atom stereocenters. The van der Waals surface area contributed by atoms with E-state index in [-0.39, 0.29) is 11.8 Å². The fourth-order valence-corrected chi connectivity index (χ4v) is 4.37. The molecule has 0 fully saturated rings. The van der Waals surface area contributed by atoms with Crippen molar-refractivity contribution in [1.29, 1.82) is 0 Å². The highest BCUT2D eigenvalue weighted by Crippen LogP contribution is 2.37. The van der Waals surface area contributed by atoms with Crippen LogP contribution in [-0.2, 0) is 13.0 Å². The predicted octanol–water partition coefficient (Wildman–Crippen LogP) is 5.36. The molecule has 0 bridgehead atoms. The molecule has 1 aliphatic heterocycles. The first-order valence-electron chi connectivity index (χ1n) is 11.4. The van der Waals surface area contributed by atoms with Gasteiger partial charge in [0.2, 0.25) is 0 Å². The number of hydrazone groups is 1. The number of amides is 2. The molecular formula is C29H25N3O3. The zero-order chi connectivity index (χ0) is 24.4. The first-order valence-corrected chi connectivity index (χ1v) is 11.4. The highest BCUT2D eigenvalue weighted by atomic mass is 16.5. The number of rotatable bonds is 7. The maximum atomic E-state index is 13.0. The van der Waals surface area contributed by atoms with Crippen LogP contribution in [0.5, 0.6) is 5.75 Å². The van der Waals surface area contributed by atoms with Crippen molar-refractivity contribution in [2.24, 2.45) is 5.10 Å². The molecule has 174 valence electrons. The number of anilines is 1. The molecule has 0 spiro atoms. The molecule has 0 aromatic heterocycles. The summed E-state index contributed by atoms with van der Waals surface area (Å²) >= 11 is 0. The molecule has 0 unspecified atom stereocenters. The average Bonchev–Trinajstić information content (AvgIpc) is 3.16. The maximum Gasteiger partial charge on any atom is 0.271 e. The second kappa shape index (κ2) is 9.43. The van der Waals surface area contributed by atoms with Crippen LogP contribution in [0.3, 0.4) is 0 Å². The lowest BCUT2D eigenvalue weighted by Gasteiger charge is -2.18. The van der Waals surface area contributed by atoms with Gasteiger partial charge in [-0.25, -0.2) is 5.43 Å². The lowest BCUT2D eigenvalue weighted by molar-refractivity contribution is 0.0952. The first kappa shape index (κ1) is 22.3. The van der Waals surface area contributed by atoms with Crippen LogP contribution in [0.2, 0.25) is 0 Å². The number of hydrogen-bond acceptors (Lipinski definition) is 4. The normalized spacial score (nSPS) is 12.8. The van der Waals surface area contributed by atoms with Gasteiger partial charge in [-0.1, -0.05) is 48.5 Å². The number of carbonyl (C=O) groups is 2. The topological polar surface area (TPSA) is 71.0 Å². The summed E-state index contributed by atoms with van der Waals surface area (Å²) in [5, 5.41) is 6.29. The van der Waals surface area contributed by atoms with Crippen LogP contribution < -0.4 is 15.1 Å². The van der Waals surface area contributed by atoms with Gasteiger partial charge in [0.25, 0.3) is 11.8 Å². The van der Waals surface area contributed by atoms with Gasteiger partial charge < -0.3 is 9.64 Å². The highest BCUT2D eigenvalue weighted by molar-refractivity contribution is 6.24. The fraction of sp³-hybridized carbons (Fsp3) is 0.138. The number of hydrogen-bond donors (Lipinski definition) is 1. The monoisotopic (exact) mass is 463 g/mol. The van der Waals surface area contributed by atoms with E-state index >= 15 is 0 Å². The molecule has 5 rings (SSSR count). The molecule has 1 N–H and O–H groups in total. The van der Waals surface area contributed by atoms with Crippen LogP contribution in [0.25, 0.3) is 10.8 Å². The summed E-state index contributed by atoms with van der Waals surface area (Å²) in [4.78, 5) is 27.4. The van der Waals surface area contributed by atoms with Gasteiger partial charge in [-0.3, -0.25) is 9.59 Å². The zero-order valence-electron chi connectivity index (χ0n) is 19.6. The molecule has 6 nitrogen and oxygen atoms in total. The van der Waals surface area contributed by atoms with E-state index in [1.165, 1.54) is 0 Å². The Morgan fingerprint density at radius 2 is 1.60 bits per heavy atom.